The molecular weight excluding hydrogens is 283 g/mol. The third-order valence-corrected chi connectivity index (χ3v) is 4.12. The van der Waals surface area contributed by atoms with E-state index in [2.05, 4.69) is 29.2 Å². The van der Waals surface area contributed by atoms with Crippen LogP contribution in [0.15, 0.2) is 42.5 Å². The average Bonchev–Trinajstić information content (AvgIpc) is 2.49. The van der Waals surface area contributed by atoms with Gasteiger partial charge in [0.1, 0.15) is 10.8 Å². The third kappa shape index (κ3) is 2.90. The summed E-state index contributed by atoms with van der Waals surface area (Å²) in [6.45, 7) is 1.69. The molecule has 108 valence electrons. The van der Waals surface area contributed by atoms with Crippen LogP contribution in [0.5, 0.6) is 0 Å². The first-order valence-electron chi connectivity index (χ1n) is 7.06. The van der Waals surface area contributed by atoms with Crippen LogP contribution in [0.2, 0.25) is 0 Å². The molecule has 1 heterocycles. The van der Waals surface area contributed by atoms with E-state index in [4.69, 9.17) is 18.0 Å². The van der Waals surface area contributed by atoms with Gasteiger partial charge in [0, 0.05) is 24.3 Å². The van der Waals surface area contributed by atoms with Gasteiger partial charge in [-0.1, -0.05) is 36.5 Å². The van der Waals surface area contributed by atoms with Crippen LogP contribution in [0, 0.1) is 5.82 Å². The van der Waals surface area contributed by atoms with Gasteiger partial charge in [-0.3, -0.25) is 0 Å². The minimum absolute atomic E-state index is 0.245. The Kier molecular flexibility index (Phi) is 3.88. The summed E-state index contributed by atoms with van der Waals surface area (Å²) in [5, 5.41) is 0. The first kappa shape index (κ1) is 14.0. The van der Waals surface area contributed by atoms with E-state index in [0.29, 0.717) is 12.1 Å². The molecule has 3 rings (SSSR count). The van der Waals surface area contributed by atoms with Crippen molar-refractivity contribution < 1.29 is 4.39 Å². The van der Waals surface area contributed by atoms with Gasteiger partial charge in [-0.05, 0) is 42.2 Å². The van der Waals surface area contributed by atoms with Gasteiger partial charge >= 0.3 is 0 Å². The third-order valence-electron chi connectivity index (χ3n) is 3.91. The van der Waals surface area contributed by atoms with Crippen LogP contribution < -0.4 is 10.6 Å². The summed E-state index contributed by atoms with van der Waals surface area (Å²) in [6, 6.07) is 13.1. The fraction of sp³-hybridized carbons (Fsp3) is 0.235. The van der Waals surface area contributed by atoms with Crippen LogP contribution in [0.4, 0.5) is 10.1 Å². The lowest BCUT2D eigenvalue weighted by Crippen LogP contribution is -2.29. The molecular formula is C17H17FN2S. The van der Waals surface area contributed by atoms with Crippen molar-refractivity contribution in [3.8, 4) is 0 Å². The number of rotatable bonds is 3. The van der Waals surface area contributed by atoms with E-state index in [0.717, 1.165) is 24.9 Å². The summed E-state index contributed by atoms with van der Waals surface area (Å²) in [4.78, 5) is 2.56. The molecule has 0 saturated heterocycles. The number of fused-ring (bicyclic) bond motifs is 1. The smallest absolute Gasteiger partial charge is 0.123 e. The molecule has 0 radical (unpaired) electrons. The number of benzene rings is 2. The van der Waals surface area contributed by atoms with Crippen LogP contribution in [0.25, 0.3) is 0 Å². The number of hydrogen-bond donors (Lipinski definition) is 1. The number of halogens is 1. The standard InChI is InChI=1S/C17H17FN2S/c18-14-8-7-13(15(10-14)17(19)21)11-20-9-3-5-12-4-1-2-6-16(12)20/h1-2,4,6-8,10H,3,5,9,11H2,(H2,19,21). The zero-order valence-electron chi connectivity index (χ0n) is 11.7. The number of aryl methyl sites for hydroxylation is 1. The Hall–Kier alpha value is -1.94. The number of thiocarbonyl (C=S) groups is 1. The topological polar surface area (TPSA) is 29.3 Å². The molecule has 0 unspecified atom stereocenters. The monoisotopic (exact) mass is 300 g/mol. The molecule has 21 heavy (non-hydrogen) atoms. The molecule has 1 aliphatic heterocycles. The lowest BCUT2D eigenvalue weighted by atomic mass is 10.00. The lowest BCUT2D eigenvalue weighted by molar-refractivity contribution is 0.625. The Morgan fingerprint density at radius 1 is 1.24 bits per heavy atom. The molecule has 2 aromatic rings. The van der Waals surface area contributed by atoms with E-state index in [1.807, 2.05) is 0 Å². The van der Waals surface area contributed by atoms with Crippen molar-refractivity contribution in [1.29, 1.82) is 0 Å². The van der Waals surface area contributed by atoms with Crippen LogP contribution in [-0.2, 0) is 13.0 Å². The van der Waals surface area contributed by atoms with E-state index in [1.54, 1.807) is 6.07 Å². The number of anilines is 1. The number of para-hydroxylation sites is 1. The normalized spacial score (nSPS) is 13.9. The molecule has 0 bridgehead atoms. The van der Waals surface area contributed by atoms with Crippen molar-refractivity contribution in [2.45, 2.75) is 19.4 Å². The Balaban J connectivity index is 1.93. The molecule has 0 saturated carbocycles. The van der Waals surface area contributed by atoms with Gasteiger partial charge < -0.3 is 10.6 Å². The molecule has 0 atom stereocenters. The maximum atomic E-state index is 13.4. The Bertz CT molecular complexity index is 684. The summed E-state index contributed by atoms with van der Waals surface area (Å²) in [5.74, 6) is -0.305. The zero-order chi connectivity index (χ0) is 14.8. The van der Waals surface area contributed by atoms with Crippen molar-refractivity contribution in [1.82, 2.24) is 0 Å². The van der Waals surface area contributed by atoms with Crippen LogP contribution in [0.3, 0.4) is 0 Å². The second kappa shape index (κ2) is 5.82. The van der Waals surface area contributed by atoms with Crippen molar-refractivity contribution in [3.05, 3.63) is 65.0 Å². The summed E-state index contributed by atoms with van der Waals surface area (Å²) in [5.41, 5.74) is 9.95. The predicted octanol–water partition coefficient (Wildman–Crippen LogP) is 3.41. The maximum absolute atomic E-state index is 13.4. The van der Waals surface area contributed by atoms with Crippen molar-refractivity contribution >= 4 is 22.9 Å². The Labute approximate surface area is 129 Å². The predicted molar refractivity (Wildman–Crippen MR) is 88.1 cm³/mol. The maximum Gasteiger partial charge on any atom is 0.123 e. The van der Waals surface area contributed by atoms with E-state index >= 15 is 0 Å². The number of nitrogens with zero attached hydrogens (tertiary/aromatic N) is 1. The highest BCUT2D eigenvalue weighted by molar-refractivity contribution is 7.80. The fourth-order valence-corrected chi connectivity index (χ4v) is 3.09. The Morgan fingerprint density at radius 2 is 2.05 bits per heavy atom. The Morgan fingerprint density at radius 3 is 2.86 bits per heavy atom. The van der Waals surface area contributed by atoms with Gasteiger partial charge in [0.2, 0.25) is 0 Å². The highest BCUT2D eigenvalue weighted by Gasteiger charge is 2.18. The molecule has 4 heteroatoms. The number of nitrogens with two attached hydrogens (primary N) is 1. The van der Waals surface area contributed by atoms with Crippen LogP contribution >= 0.6 is 12.2 Å². The first-order chi connectivity index (χ1) is 10.1. The molecule has 0 amide bonds. The molecule has 0 aromatic heterocycles. The molecule has 2 aromatic carbocycles. The van der Waals surface area contributed by atoms with Gasteiger partial charge in [-0.2, -0.15) is 0 Å². The van der Waals surface area contributed by atoms with Gasteiger partial charge in [0.05, 0.1) is 0 Å². The van der Waals surface area contributed by atoms with Gasteiger partial charge in [-0.25, -0.2) is 4.39 Å². The second-order valence-electron chi connectivity index (χ2n) is 5.32. The zero-order valence-corrected chi connectivity index (χ0v) is 12.5. The molecule has 0 fully saturated rings. The van der Waals surface area contributed by atoms with Crippen molar-refractivity contribution in [2.75, 3.05) is 11.4 Å². The number of hydrogen-bond acceptors (Lipinski definition) is 2. The minimum atomic E-state index is -0.305. The lowest BCUT2D eigenvalue weighted by Gasteiger charge is -2.32. The minimum Gasteiger partial charge on any atom is -0.389 e. The first-order valence-corrected chi connectivity index (χ1v) is 7.47. The fourth-order valence-electron chi connectivity index (χ4n) is 2.90. The van der Waals surface area contributed by atoms with E-state index < -0.39 is 0 Å². The van der Waals surface area contributed by atoms with Gasteiger partial charge in [0.15, 0.2) is 0 Å². The summed E-state index contributed by atoms with van der Waals surface area (Å²) < 4.78 is 13.4. The SMILES string of the molecule is NC(=S)c1cc(F)ccc1CN1CCCc2ccccc21. The molecule has 0 spiro atoms. The van der Waals surface area contributed by atoms with Crippen molar-refractivity contribution in [3.63, 3.8) is 0 Å². The summed E-state index contributed by atoms with van der Waals surface area (Å²) >= 11 is 5.05. The summed E-state index contributed by atoms with van der Waals surface area (Å²) in [7, 11) is 0. The molecule has 2 nitrogen and oxygen atoms in total. The quantitative estimate of drug-likeness (QED) is 0.881. The molecule has 1 aliphatic rings. The van der Waals surface area contributed by atoms with Gasteiger partial charge in [0.25, 0.3) is 0 Å². The highest BCUT2D eigenvalue weighted by atomic mass is 32.1. The largest absolute Gasteiger partial charge is 0.389 e. The van der Waals surface area contributed by atoms with E-state index in [1.165, 1.54) is 23.4 Å². The summed E-state index contributed by atoms with van der Waals surface area (Å²) in [6.07, 6.45) is 2.23. The van der Waals surface area contributed by atoms with Crippen LogP contribution in [-0.4, -0.2) is 11.5 Å². The van der Waals surface area contributed by atoms with Crippen molar-refractivity contribution in [2.24, 2.45) is 5.73 Å². The molecule has 0 aliphatic carbocycles. The van der Waals surface area contributed by atoms with Gasteiger partial charge in [-0.15, -0.1) is 0 Å². The average molecular weight is 300 g/mol. The van der Waals surface area contributed by atoms with Crippen LogP contribution in [0.1, 0.15) is 23.1 Å². The second-order valence-corrected chi connectivity index (χ2v) is 5.76. The highest BCUT2D eigenvalue weighted by Crippen LogP contribution is 2.28. The van der Waals surface area contributed by atoms with E-state index in [9.17, 15) is 4.39 Å². The van der Waals surface area contributed by atoms with E-state index in [-0.39, 0.29) is 10.8 Å². The molecule has 2 N–H and O–H groups in total.